The molecular formula is C18H23F3N2O2. The maximum Gasteiger partial charge on any atom is 0.416 e. The Morgan fingerprint density at radius 3 is 2.48 bits per heavy atom. The summed E-state index contributed by atoms with van der Waals surface area (Å²) in [5.74, 6) is 0.139. The zero-order chi connectivity index (χ0) is 18.1. The fourth-order valence-corrected chi connectivity index (χ4v) is 3.83. The number of carbonyl (C=O) groups excluding carboxylic acids is 1. The third kappa shape index (κ3) is 4.15. The first-order valence-corrected chi connectivity index (χ1v) is 8.47. The van der Waals surface area contributed by atoms with Crippen LogP contribution in [0.5, 0.6) is 0 Å². The highest BCUT2D eigenvalue weighted by Crippen LogP contribution is 2.40. The number of rotatable bonds is 5. The molecule has 25 heavy (non-hydrogen) atoms. The number of amides is 1. The summed E-state index contributed by atoms with van der Waals surface area (Å²) in [6.45, 7) is 4.44. The first kappa shape index (κ1) is 18.2. The Morgan fingerprint density at radius 2 is 1.88 bits per heavy atom. The fourth-order valence-electron chi connectivity index (χ4n) is 3.83. The minimum atomic E-state index is -4.29. The lowest BCUT2D eigenvalue weighted by Gasteiger charge is -2.48. The number of alkyl halides is 3. The van der Waals surface area contributed by atoms with Gasteiger partial charge in [-0.3, -0.25) is 9.69 Å². The number of methoxy groups -OCH3 is 1. The molecule has 2 fully saturated rings. The lowest BCUT2D eigenvalue weighted by atomic mass is 9.79. The Labute approximate surface area is 145 Å². The van der Waals surface area contributed by atoms with Crippen LogP contribution >= 0.6 is 0 Å². The normalized spacial score (nSPS) is 20.1. The summed E-state index contributed by atoms with van der Waals surface area (Å²) >= 11 is 0. The molecule has 0 atom stereocenters. The van der Waals surface area contributed by atoms with Crippen LogP contribution in [0.3, 0.4) is 0 Å². The minimum absolute atomic E-state index is 0.139. The molecule has 2 saturated heterocycles. The average molecular weight is 356 g/mol. The van der Waals surface area contributed by atoms with Gasteiger partial charge in [-0.1, -0.05) is 12.1 Å². The Balaban J connectivity index is 1.47. The highest BCUT2D eigenvalue weighted by atomic mass is 19.4. The van der Waals surface area contributed by atoms with E-state index in [1.807, 2.05) is 4.90 Å². The highest BCUT2D eigenvalue weighted by molar-refractivity contribution is 5.76. The number of nitrogens with zero attached hydrogens (tertiary/aromatic N) is 2. The van der Waals surface area contributed by atoms with Crippen molar-refractivity contribution in [3.05, 3.63) is 35.4 Å². The Morgan fingerprint density at radius 1 is 1.20 bits per heavy atom. The van der Waals surface area contributed by atoms with Gasteiger partial charge in [-0.2, -0.15) is 13.2 Å². The van der Waals surface area contributed by atoms with Crippen molar-refractivity contribution < 1.29 is 22.7 Å². The summed E-state index contributed by atoms with van der Waals surface area (Å²) in [4.78, 5) is 16.2. The van der Waals surface area contributed by atoms with E-state index in [1.54, 1.807) is 19.2 Å². The Kier molecular flexibility index (Phi) is 5.06. The van der Waals surface area contributed by atoms with Gasteiger partial charge in [0.15, 0.2) is 0 Å². The second kappa shape index (κ2) is 6.96. The maximum atomic E-state index is 12.6. The largest absolute Gasteiger partial charge is 0.416 e. The Bertz CT molecular complexity index is 610. The maximum absolute atomic E-state index is 12.6. The molecule has 2 aliphatic rings. The summed E-state index contributed by atoms with van der Waals surface area (Å²) in [6, 6.07) is 5.36. The molecule has 1 amide bonds. The minimum Gasteiger partial charge on any atom is -0.384 e. The number of hydrogen-bond donors (Lipinski definition) is 0. The molecule has 138 valence electrons. The summed E-state index contributed by atoms with van der Waals surface area (Å²) in [6.07, 6.45) is -2.88. The van der Waals surface area contributed by atoms with Gasteiger partial charge >= 0.3 is 6.18 Å². The van der Waals surface area contributed by atoms with Crippen molar-refractivity contribution >= 4 is 5.91 Å². The molecule has 1 spiro atoms. The van der Waals surface area contributed by atoms with Gasteiger partial charge in [0.05, 0.1) is 18.6 Å². The topological polar surface area (TPSA) is 32.8 Å². The molecule has 0 aliphatic carbocycles. The van der Waals surface area contributed by atoms with Gasteiger partial charge < -0.3 is 9.64 Å². The van der Waals surface area contributed by atoms with Crippen molar-refractivity contribution in [1.29, 1.82) is 0 Å². The van der Waals surface area contributed by atoms with Crippen LogP contribution in [0.15, 0.2) is 24.3 Å². The molecule has 2 heterocycles. The van der Waals surface area contributed by atoms with Crippen molar-refractivity contribution in [1.82, 2.24) is 9.80 Å². The lowest BCUT2D eigenvalue weighted by molar-refractivity contribution is -0.137. The van der Waals surface area contributed by atoms with E-state index in [-0.39, 0.29) is 11.3 Å². The van der Waals surface area contributed by atoms with E-state index in [2.05, 4.69) is 4.90 Å². The van der Waals surface area contributed by atoms with Crippen molar-refractivity contribution in [2.75, 3.05) is 39.9 Å². The first-order valence-electron chi connectivity index (χ1n) is 8.47. The molecule has 2 aliphatic heterocycles. The van der Waals surface area contributed by atoms with Crippen LogP contribution in [0, 0.1) is 5.41 Å². The van der Waals surface area contributed by atoms with Crippen molar-refractivity contribution in [2.45, 2.75) is 25.6 Å². The third-order valence-corrected chi connectivity index (χ3v) is 5.12. The predicted octanol–water partition coefficient (Wildman–Crippen LogP) is 2.78. The van der Waals surface area contributed by atoms with E-state index in [9.17, 15) is 18.0 Å². The molecule has 1 aromatic rings. The van der Waals surface area contributed by atoms with Crippen LogP contribution in [-0.2, 0) is 22.3 Å². The zero-order valence-corrected chi connectivity index (χ0v) is 14.3. The number of hydrogen-bond acceptors (Lipinski definition) is 3. The average Bonchev–Trinajstić information content (AvgIpc) is 2.97. The van der Waals surface area contributed by atoms with Gasteiger partial charge in [0.2, 0.25) is 5.91 Å². The lowest BCUT2D eigenvalue weighted by Crippen LogP contribution is -2.57. The van der Waals surface area contributed by atoms with E-state index in [0.29, 0.717) is 19.6 Å². The van der Waals surface area contributed by atoms with Crippen molar-refractivity contribution in [2.24, 2.45) is 5.41 Å². The summed E-state index contributed by atoms with van der Waals surface area (Å²) in [7, 11) is 1.59. The second-order valence-corrected chi connectivity index (χ2v) is 7.15. The van der Waals surface area contributed by atoms with E-state index in [0.717, 1.165) is 50.3 Å². The predicted molar refractivity (Wildman–Crippen MR) is 86.8 cm³/mol. The molecule has 7 heteroatoms. The smallest absolute Gasteiger partial charge is 0.384 e. The number of ether oxygens (including phenoxy) is 1. The number of halogens is 3. The van der Waals surface area contributed by atoms with E-state index in [4.69, 9.17) is 4.74 Å². The molecule has 0 aromatic heterocycles. The van der Waals surface area contributed by atoms with Crippen LogP contribution in [-0.4, -0.2) is 55.6 Å². The van der Waals surface area contributed by atoms with Gasteiger partial charge in [-0.05, 0) is 24.1 Å². The fraction of sp³-hybridized carbons (Fsp3) is 0.611. The second-order valence-electron chi connectivity index (χ2n) is 7.15. The molecule has 3 rings (SSSR count). The van der Waals surface area contributed by atoms with E-state index in [1.165, 1.54) is 0 Å². The summed E-state index contributed by atoms with van der Waals surface area (Å²) < 4.78 is 42.7. The molecule has 0 bridgehead atoms. The number of carbonyl (C=O) groups is 1. The van der Waals surface area contributed by atoms with Crippen LogP contribution in [0.1, 0.15) is 24.0 Å². The van der Waals surface area contributed by atoms with Crippen molar-refractivity contribution in [3.8, 4) is 0 Å². The van der Waals surface area contributed by atoms with Gasteiger partial charge in [0.1, 0.15) is 0 Å². The first-order chi connectivity index (χ1) is 11.8. The summed E-state index contributed by atoms with van der Waals surface area (Å²) in [5.41, 5.74) is 0.431. The highest BCUT2D eigenvalue weighted by Gasteiger charge is 2.48. The van der Waals surface area contributed by atoms with E-state index >= 15 is 0 Å². The Hall–Kier alpha value is -1.60. The van der Waals surface area contributed by atoms with Gasteiger partial charge in [-0.15, -0.1) is 0 Å². The monoisotopic (exact) mass is 356 g/mol. The van der Waals surface area contributed by atoms with Crippen LogP contribution < -0.4 is 0 Å². The molecule has 1 aromatic carbocycles. The van der Waals surface area contributed by atoms with Crippen LogP contribution in [0.2, 0.25) is 0 Å². The molecule has 0 saturated carbocycles. The number of likely N-dealkylation sites (tertiary alicyclic amines) is 2. The molecular weight excluding hydrogens is 333 g/mol. The van der Waals surface area contributed by atoms with Crippen LogP contribution in [0.4, 0.5) is 13.2 Å². The molecule has 0 radical (unpaired) electrons. The number of benzene rings is 1. The molecule has 0 unspecified atom stereocenters. The molecule has 4 nitrogen and oxygen atoms in total. The van der Waals surface area contributed by atoms with Crippen molar-refractivity contribution in [3.63, 3.8) is 0 Å². The SMILES string of the molecule is COCCC(=O)N1CCC2(CN(Cc3ccc(C(F)(F)F)cc3)C2)C1. The van der Waals surface area contributed by atoms with Crippen LogP contribution in [0.25, 0.3) is 0 Å². The van der Waals surface area contributed by atoms with Gasteiger partial charge in [0, 0.05) is 45.2 Å². The third-order valence-electron chi connectivity index (χ3n) is 5.12. The van der Waals surface area contributed by atoms with Gasteiger partial charge in [-0.25, -0.2) is 0 Å². The van der Waals surface area contributed by atoms with Gasteiger partial charge in [0.25, 0.3) is 0 Å². The van der Waals surface area contributed by atoms with E-state index < -0.39 is 11.7 Å². The standard InChI is InChI=1S/C18H23F3N2O2/c1-25-9-6-16(24)23-8-7-17(13-23)11-22(12-17)10-14-2-4-15(5-3-14)18(19,20)21/h2-5H,6-13H2,1H3. The molecule has 0 N–H and O–H groups in total. The summed E-state index contributed by atoms with van der Waals surface area (Å²) in [5, 5.41) is 0. The zero-order valence-electron chi connectivity index (χ0n) is 14.3. The quantitative estimate of drug-likeness (QED) is 0.813.